The first-order chi connectivity index (χ1) is 34.0. The number of aliphatic hydroxyl groups excluding tert-OH is 1. The number of carbonyl (C=O) groups excluding carboxylic acids is 3. The number of benzene rings is 4. The van der Waals surface area contributed by atoms with E-state index < -0.39 is 16.1 Å². The fraction of sp³-hybridized carbons (Fsp3) is 0.125. The summed E-state index contributed by atoms with van der Waals surface area (Å²) >= 11 is 0. The fourth-order valence-corrected chi connectivity index (χ4v) is 5.02. The maximum atomic E-state index is 12.1. The van der Waals surface area contributed by atoms with Crippen molar-refractivity contribution in [3.8, 4) is 0 Å². The Hall–Kier alpha value is -8.79. The molecule has 0 atom stereocenters. The van der Waals surface area contributed by atoms with Crippen molar-refractivity contribution in [1.82, 2.24) is 26.2 Å². The van der Waals surface area contributed by atoms with Gasteiger partial charge in [0.05, 0.1) is 55.8 Å². The van der Waals surface area contributed by atoms with Gasteiger partial charge in [0.1, 0.15) is 0 Å². The molecule has 2 aromatic heterocycles. The average Bonchev–Trinajstić information content (AvgIpc) is 3.38. The van der Waals surface area contributed by atoms with E-state index in [1.807, 2.05) is 30.3 Å². The zero-order valence-electron chi connectivity index (χ0n) is 41.1. The molecule has 407 valence electrons. The Morgan fingerprint density at radius 2 is 0.671 bits per heavy atom. The van der Waals surface area contributed by atoms with Crippen molar-refractivity contribution in [3.63, 3.8) is 0 Å². The van der Waals surface area contributed by atoms with Gasteiger partial charge in [-0.2, -0.15) is 25.5 Å². The number of amides is 3. The number of nitrogens with zero attached hydrogens (tertiary/aromatic N) is 9. The summed E-state index contributed by atoms with van der Waals surface area (Å²) in [5.74, 6) is -1.32. The van der Waals surface area contributed by atoms with Crippen LogP contribution in [-0.4, -0.2) is 100 Å². The third kappa shape index (κ3) is 29.7. The average molecular weight is 1200 g/mol. The molecular weight excluding hydrogens is 1150 g/mol. The van der Waals surface area contributed by atoms with Gasteiger partial charge in [-0.1, -0.05) is 97.1 Å². The molecule has 4 aromatic carbocycles. The summed E-state index contributed by atoms with van der Waals surface area (Å²) < 4.78 is 0. The Morgan fingerprint density at radius 3 is 0.921 bits per heavy atom. The standard InChI is InChI=1S/2C23H21N5O2.C2H6O.Dy.2NO3.4H2O/c2*1-16(25-27-22(29)18-10-5-3-6-11-18)20-14-9-15-21(24-20)17(2)26-28-23(30)19-12-7-4-8-13-19;1-2-3;;2*2-1(3)4;;;;/h2*3-15H,1-2H3,(H,27,29)(H,28,30);3H,2H2,1H3;;;;4*1H2/q;;;+3;2*-1;;;;/p-1/b2*25-16+,26-17+;;;;;;;;. The molecule has 28 heteroatoms. The topological polar surface area (TPSA) is 477 Å². The number of hydrogen-bond donors (Lipinski definition) is 4. The van der Waals surface area contributed by atoms with Crippen LogP contribution in [0.3, 0.4) is 0 Å². The number of carbonyl (C=O) groups is 3. The van der Waals surface area contributed by atoms with Crippen LogP contribution in [-0.2, 0) is 0 Å². The molecule has 27 nitrogen and oxygen atoms in total. The van der Waals surface area contributed by atoms with E-state index in [2.05, 4.69) is 51.8 Å². The Bertz CT molecular complexity index is 2730. The molecular formula is C48H55DyN12O15. The Labute approximate surface area is 465 Å². The number of rotatable bonds is 12. The molecule has 2 heterocycles. The van der Waals surface area contributed by atoms with Crippen molar-refractivity contribution in [2.45, 2.75) is 34.6 Å². The maximum absolute atomic E-state index is 12.1. The van der Waals surface area contributed by atoms with Crippen LogP contribution in [0.2, 0.25) is 0 Å². The van der Waals surface area contributed by atoms with Crippen LogP contribution >= 0.6 is 0 Å². The Morgan fingerprint density at radius 1 is 0.447 bits per heavy atom. The van der Waals surface area contributed by atoms with Gasteiger partial charge >= 0.3 is 38.2 Å². The second-order valence-corrected chi connectivity index (χ2v) is 13.5. The number of hydrogen-bond acceptors (Lipinski definition) is 18. The number of aliphatic hydroxyl groups is 1. The molecule has 6 aromatic rings. The van der Waals surface area contributed by atoms with E-state index in [-0.39, 0.29) is 84.4 Å². The summed E-state index contributed by atoms with van der Waals surface area (Å²) in [7, 11) is 0. The van der Waals surface area contributed by atoms with Crippen molar-refractivity contribution in [3.05, 3.63) is 233 Å². The van der Waals surface area contributed by atoms with Gasteiger partial charge in [0, 0.05) is 29.2 Å². The van der Waals surface area contributed by atoms with E-state index in [1.54, 1.807) is 162 Å². The molecule has 0 aliphatic heterocycles. The monoisotopic (exact) mass is 1200 g/mol. The summed E-state index contributed by atoms with van der Waals surface area (Å²) in [5.41, 5.74) is 14.0. The van der Waals surface area contributed by atoms with E-state index in [1.165, 1.54) is 0 Å². The van der Waals surface area contributed by atoms with Gasteiger partial charge in [-0.15, -0.1) is 0 Å². The normalized spacial score (nSPS) is 10.4. The molecule has 0 saturated heterocycles. The first-order valence-corrected chi connectivity index (χ1v) is 20.7. The number of nitrogens with one attached hydrogen (secondary N) is 3. The van der Waals surface area contributed by atoms with Crippen LogP contribution in [0.4, 0.5) is 0 Å². The van der Waals surface area contributed by atoms with Gasteiger partial charge in [-0.05, 0) is 101 Å². The van der Waals surface area contributed by atoms with Crippen molar-refractivity contribution in [2.75, 3.05) is 6.61 Å². The van der Waals surface area contributed by atoms with Gasteiger partial charge < -0.3 is 62.8 Å². The Kier molecular flexibility index (Phi) is 40.4. The summed E-state index contributed by atoms with van der Waals surface area (Å²) in [4.78, 5) is 61.9. The molecule has 0 bridgehead atoms. The Balaban J connectivity index is -0.000000541. The van der Waals surface area contributed by atoms with Gasteiger partial charge in [0.2, 0.25) is 0 Å². The molecule has 0 aliphatic carbocycles. The van der Waals surface area contributed by atoms with Crippen LogP contribution in [0.1, 0.15) is 94.0 Å². The smallest absolute Gasteiger partial charge is 0.857 e. The minimum Gasteiger partial charge on any atom is -0.857 e. The van der Waals surface area contributed by atoms with Gasteiger partial charge in [-0.25, -0.2) is 26.2 Å². The summed E-state index contributed by atoms with van der Waals surface area (Å²) in [6.45, 7) is 8.90. The first kappa shape index (κ1) is 73.7. The molecule has 0 spiro atoms. The van der Waals surface area contributed by atoms with E-state index in [9.17, 15) is 19.5 Å². The molecule has 1 radical (unpaired) electrons. The van der Waals surface area contributed by atoms with Crippen molar-refractivity contribution in [1.29, 1.82) is 0 Å². The largest absolute Gasteiger partial charge is 3.00 e. The van der Waals surface area contributed by atoms with Crippen LogP contribution < -0.4 is 21.4 Å². The van der Waals surface area contributed by atoms with Gasteiger partial charge in [0.25, 0.3) is 17.7 Å². The van der Waals surface area contributed by atoms with Gasteiger partial charge in [-0.3, -0.25) is 14.4 Å². The van der Waals surface area contributed by atoms with E-state index in [0.29, 0.717) is 67.9 Å². The minimum atomic E-state index is -1.75. The van der Waals surface area contributed by atoms with Gasteiger partial charge in [0.15, 0.2) is 0 Å². The van der Waals surface area contributed by atoms with Crippen molar-refractivity contribution in [2.24, 2.45) is 25.5 Å². The second-order valence-electron chi connectivity index (χ2n) is 13.5. The third-order valence-corrected chi connectivity index (χ3v) is 8.38. The van der Waals surface area contributed by atoms with E-state index in [4.69, 9.17) is 35.7 Å². The summed E-state index contributed by atoms with van der Waals surface area (Å²) in [5, 5.41) is 69.3. The summed E-state index contributed by atoms with van der Waals surface area (Å²) in [6.07, 6.45) is 0. The van der Waals surface area contributed by atoms with Crippen LogP contribution in [0.5, 0.6) is 0 Å². The van der Waals surface area contributed by atoms with E-state index in [0.717, 1.165) is 0 Å². The first-order valence-electron chi connectivity index (χ1n) is 20.7. The predicted molar refractivity (Wildman–Crippen MR) is 280 cm³/mol. The zero-order valence-corrected chi connectivity index (χ0v) is 43.1. The number of aromatic nitrogens is 2. The molecule has 0 saturated carbocycles. The fourth-order valence-electron chi connectivity index (χ4n) is 5.02. The summed E-state index contributed by atoms with van der Waals surface area (Å²) in [6, 6.07) is 45.9. The minimum absolute atomic E-state index is 0. The molecule has 76 heavy (non-hydrogen) atoms. The van der Waals surface area contributed by atoms with Crippen LogP contribution in [0.25, 0.3) is 0 Å². The second kappa shape index (κ2) is 41.7. The molecule has 3 amide bonds. The SMILES string of the molecule is C/C(=N\N=C(/[O-])c1ccccc1)c1cccc(/C(C)=N/NC(=O)c2ccccc2)n1.C/C(=N\NC(=O)c1ccccc1)c1cccc(/C(C)=N/NC(=O)c2ccccc2)n1.CCO.O.O.O.O.O=[N+]([O-])[O-].O=[N+]([O-])[O-].[Dy+3]. The predicted octanol–water partition coefficient (Wildman–Crippen LogP) is 2.38. The third-order valence-electron chi connectivity index (χ3n) is 8.38. The van der Waals surface area contributed by atoms with Crippen molar-refractivity contribution >= 4 is 46.5 Å². The molecule has 0 aliphatic rings. The quantitative estimate of drug-likeness (QED) is 0.0593. The molecule has 0 unspecified atom stereocenters. The number of hydrazone groups is 3. The molecule has 6 rings (SSSR count). The number of pyridine rings is 2. The molecule has 12 N–H and O–H groups in total. The van der Waals surface area contributed by atoms with Crippen LogP contribution in [0.15, 0.2) is 183 Å². The van der Waals surface area contributed by atoms with Crippen molar-refractivity contribution < 1.29 is 94.8 Å². The maximum Gasteiger partial charge on any atom is 3.00 e. The van der Waals surface area contributed by atoms with Crippen LogP contribution in [0, 0.1) is 68.8 Å². The van der Waals surface area contributed by atoms with E-state index >= 15 is 0 Å². The molecule has 0 fully saturated rings. The zero-order chi connectivity index (χ0) is 52.6.